The van der Waals surface area contributed by atoms with Gasteiger partial charge in [0, 0.05) is 12.1 Å². The predicted octanol–water partition coefficient (Wildman–Crippen LogP) is 3.84. The van der Waals surface area contributed by atoms with Crippen LogP contribution >= 0.6 is 0 Å². The molecule has 5 nitrogen and oxygen atoms in total. The van der Waals surface area contributed by atoms with Crippen LogP contribution in [0.15, 0.2) is 53.3 Å². The molecule has 0 aliphatic carbocycles. The van der Waals surface area contributed by atoms with Gasteiger partial charge >= 0.3 is 0 Å². The molecule has 2 aromatic carbocycles. The second-order valence-electron chi connectivity index (χ2n) is 7.06. The van der Waals surface area contributed by atoms with Crippen LogP contribution in [-0.4, -0.2) is 41.1 Å². The summed E-state index contributed by atoms with van der Waals surface area (Å²) in [5.41, 5.74) is 1.46. The first-order valence-electron chi connectivity index (χ1n) is 9.74. The van der Waals surface area contributed by atoms with E-state index in [0.717, 1.165) is 30.9 Å². The van der Waals surface area contributed by atoms with Crippen molar-refractivity contribution in [2.75, 3.05) is 26.2 Å². The molecular weight excluding hydrogens is 338 g/mol. The van der Waals surface area contributed by atoms with Crippen LogP contribution in [0.2, 0.25) is 0 Å². The van der Waals surface area contributed by atoms with E-state index in [1.165, 1.54) is 32.4 Å². The van der Waals surface area contributed by atoms with Gasteiger partial charge in [-0.2, -0.15) is 0 Å². The van der Waals surface area contributed by atoms with Gasteiger partial charge in [-0.05, 0) is 68.8 Å². The maximum absolute atomic E-state index is 12.2. The Bertz CT molecular complexity index is 944. The number of fused-ring (bicyclic) bond motifs is 1. The zero-order chi connectivity index (χ0) is 18.5. The highest BCUT2D eigenvalue weighted by Crippen LogP contribution is 2.20. The molecule has 0 atom stereocenters. The molecule has 0 unspecified atom stereocenters. The summed E-state index contributed by atoms with van der Waals surface area (Å²) in [6, 6.07) is 15.1. The van der Waals surface area contributed by atoms with Crippen molar-refractivity contribution in [1.29, 1.82) is 0 Å². The molecule has 0 bridgehead atoms. The summed E-state index contributed by atoms with van der Waals surface area (Å²) in [5.74, 6) is 1.43. The first kappa shape index (κ1) is 17.7. The van der Waals surface area contributed by atoms with Gasteiger partial charge in [0.05, 0.1) is 17.5 Å². The van der Waals surface area contributed by atoms with Crippen LogP contribution in [0.3, 0.4) is 0 Å². The van der Waals surface area contributed by atoms with E-state index in [1.807, 2.05) is 42.5 Å². The lowest BCUT2D eigenvalue weighted by Crippen LogP contribution is -2.31. The smallest absolute Gasteiger partial charge is 0.259 e. The Kier molecular flexibility index (Phi) is 5.49. The number of ether oxygens (including phenoxy) is 1. The van der Waals surface area contributed by atoms with E-state index in [1.54, 1.807) is 6.07 Å². The fourth-order valence-corrected chi connectivity index (χ4v) is 3.59. The number of rotatable bonds is 6. The lowest BCUT2D eigenvalue weighted by Gasteiger charge is -2.26. The predicted molar refractivity (Wildman–Crippen MR) is 108 cm³/mol. The van der Waals surface area contributed by atoms with Gasteiger partial charge in [-0.1, -0.05) is 18.6 Å². The molecule has 140 valence electrons. The highest BCUT2D eigenvalue weighted by molar-refractivity contribution is 5.79. The van der Waals surface area contributed by atoms with Gasteiger partial charge in [0.15, 0.2) is 0 Å². The molecule has 0 amide bonds. The number of nitrogens with zero attached hydrogens (tertiary/aromatic N) is 2. The van der Waals surface area contributed by atoms with Gasteiger partial charge in [-0.15, -0.1) is 0 Å². The number of aromatic amines is 1. The van der Waals surface area contributed by atoms with E-state index in [4.69, 9.17) is 4.74 Å². The Morgan fingerprint density at radius 2 is 1.78 bits per heavy atom. The third-order valence-electron chi connectivity index (χ3n) is 5.08. The molecule has 5 heteroatoms. The number of hydrogen-bond donors (Lipinski definition) is 1. The number of H-pyrrole nitrogens is 1. The summed E-state index contributed by atoms with van der Waals surface area (Å²) in [7, 11) is 0. The minimum Gasteiger partial charge on any atom is -0.494 e. The minimum atomic E-state index is -0.117. The third kappa shape index (κ3) is 4.37. The van der Waals surface area contributed by atoms with Gasteiger partial charge in [0.25, 0.3) is 5.56 Å². The lowest BCUT2D eigenvalue weighted by molar-refractivity contribution is 0.205. The number of para-hydroxylation sites is 1. The van der Waals surface area contributed by atoms with Gasteiger partial charge < -0.3 is 14.6 Å². The van der Waals surface area contributed by atoms with Crippen molar-refractivity contribution in [3.05, 3.63) is 58.9 Å². The Morgan fingerprint density at radius 1 is 1.00 bits per heavy atom. The van der Waals surface area contributed by atoms with Crippen molar-refractivity contribution in [2.24, 2.45) is 0 Å². The summed E-state index contributed by atoms with van der Waals surface area (Å²) >= 11 is 0. The number of benzene rings is 2. The van der Waals surface area contributed by atoms with E-state index >= 15 is 0 Å². The standard InChI is InChI=1S/C22H25N3O2/c26-22-19-7-2-3-8-20(19)23-21(24-22)17-9-11-18(12-10-17)27-16-6-15-25-13-4-1-5-14-25/h2-3,7-12H,1,4-6,13-16H2,(H,23,24,26). The summed E-state index contributed by atoms with van der Waals surface area (Å²) < 4.78 is 5.86. The Hall–Kier alpha value is -2.66. The van der Waals surface area contributed by atoms with Crippen molar-refractivity contribution in [2.45, 2.75) is 25.7 Å². The summed E-state index contributed by atoms with van der Waals surface area (Å²) in [5, 5.41) is 0.606. The fraction of sp³-hybridized carbons (Fsp3) is 0.364. The molecule has 1 aliphatic heterocycles. The van der Waals surface area contributed by atoms with E-state index in [-0.39, 0.29) is 5.56 Å². The zero-order valence-electron chi connectivity index (χ0n) is 15.5. The van der Waals surface area contributed by atoms with Crippen molar-refractivity contribution in [3.63, 3.8) is 0 Å². The van der Waals surface area contributed by atoms with Crippen LogP contribution in [0, 0.1) is 0 Å². The van der Waals surface area contributed by atoms with Gasteiger partial charge in [0.1, 0.15) is 11.6 Å². The fourth-order valence-electron chi connectivity index (χ4n) is 3.59. The van der Waals surface area contributed by atoms with E-state index in [2.05, 4.69) is 14.9 Å². The van der Waals surface area contributed by atoms with Crippen molar-refractivity contribution >= 4 is 10.9 Å². The van der Waals surface area contributed by atoms with Gasteiger partial charge in [0.2, 0.25) is 0 Å². The van der Waals surface area contributed by atoms with Crippen LogP contribution in [0.5, 0.6) is 5.75 Å². The number of aromatic nitrogens is 2. The van der Waals surface area contributed by atoms with E-state index in [0.29, 0.717) is 16.7 Å². The quantitative estimate of drug-likeness (QED) is 0.676. The summed E-state index contributed by atoms with van der Waals surface area (Å²) in [6.07, 6.45) is 5.07. The Balaban J connectivity index is 1.36. The maximum Gasteiger partial charge on any atom is 0.259 e. The van der Waals surface area contributed by atoms with Gasteiger partial charge in [-0.25, -0.2) is 4.98 Å². The van der Waals surface area contributed by atoms with Crippen molar-refractivity contribution in [1.82, 2.24) is 14.9 Å². The lowest BCUT2D eigenvalue weighted by atomic mass is 10.1. The van der Waals surface area contributed by atoms with Crippen LogP contribution in [0.1, 0.15) is 25.7 Å². The van der Waals surface area contributed by atoms with Crippen LogP contribution in [-0.2, 0) is 0 Å². The highest BCUT2D eigenvalue weighted by atomic mass is 16.5. The molecule has 1 aromatic heterocycles. The molecule has 0 spiro atoms. The maximum atomic E-state index is 12.2. The molecule has 1 fully saturated rings. The zero-order valence-corrected chi connectivity index (χ0v) is 15.5. The number of likely N-dealkylation sites (tertiary alicyclic amines) is 1. The molecule has 0 saturated carbocycles. The second kappa shape index (κ2) is 8.35. The molecule has 1 N–H and O–H groups in total. The summed E-state index contributed by atoms with van der Waals surface area (Å²) in [6.45, 7) is 4.29. The van der Waals surface area contributed by atoms with E-state index in [9.17, 15) is 4.79 Å². The second-order valence-corrected chi connectivity index (χ2v) is 7.06. The largest absolute Gasteiger partial charge is 0.494 e. The topological polar surface area (TPSA) is 58.2 Å². The summed E-state index contributed by atoms with van der Waals surface area (Å²) in [4.78, 5) is 22.2. The number of piperidine rings is 1. The van der Waals surface area contributed by atoms with Crippen molar-refractivity contribution < 1.29 is 4.74 Å². The Labute approximate surface area is 159 Å². The molecular formula is C22H25N3O2. The van der Waals surface area contributed by atoms with Crippen LogP contribution < -0.4 is 10.3 Å². The highest BCUT2D eigenvalue weighted by Gasteiger charge is 2.09. The minimum absolute atomic E-state index is 0.117. The van der Waals surface area contributed by atoms with Gasteiger partial charge in [-0.3, -0.25) is 4.79 Å². The average Bonchev–Trinajstić information content (AvgIpc) is 2.72. The first-order valence-corrected chi connectivity index (χ1v) is 9.74. The number of hydrogen-bond acceptors (Lipinski definition) is 4. The Morgan fingerprint density at radius 3 is 2.59 bits per heavy atom. The SMILES string of the molecule is O=c1[nH]c(-c2ccc(OCCCN3CCCCC3)cc2)nc2ccccc12. The number of nitrogens with one attached hydrogen (secondary N) is 1. The first-order chi connectivity index (χ1) is 13.3. The molecule has 4 rings (SSSR count). The normalized spacial score (nSPS) is 15.1. The van der Waals surface area contributed by atoms with Crippen LogP contribution in [0.25, 0.3) is 22.3 Å². The average molecular weight is 363 g/mol. The molecule has 2 heterocycles. The molecule has 27 heavy (non-hydrogen) atoms. The monoisotopic (exact) mass is 363 g/mol. The molecule has 1 aliphatic rings. The van der Waals surface area contributed by atoms with Crippen LogP contribution in [0.4, 0.5) is 0 Å². The van der Waals surface area contributed by atoms with E-state index < -0.39 is 0 Å². The van der Waals surface area contributed by atoms with Crippen molar-refractivity contribution in [3.8, 4) is 17.1 Å². The molecule has 1 saturated heterocycles. The molecule has 0 radical (unpaired) electrons. The third-order valence-corrected chi connectivity index (χ3v) is 5.08. The molecule has 3 aromatic rings.